The first kappa shape index (κ1) is 18.7. The zero-order chi connectivity index (χ0) is 20.2. The van der Waals surface area contributed by atoms with Gasteiger partial charge in [-0.1, -0.05) is 12.1 Å². The third-order valence-electron chi connectivity index (χ3n) is 4.96. The highest BCUT2D eigenvalue weighted by Gasteiger charge is 2.15. The molecule has 2 aromatic heterocycles. The Balaban J connectivity index is 1.73. The lowest BCUT2D eigenvalue weighted by Gasteiger charge is -2.28. The maximum atomic E-state index is 9.59. The molecule has 1 saturated heterocycles. The maximum absolute atomic E-state index is 9.59. The summed E-state index contributed by atoms with van der Waals surface area (Å²) in [7, 11) is 1.58. The van der Waals surface area contributed by atoms with E-state index >= 15 is 0 Å². The van der Waals surface area contributed by atoms with Crippen LogP contribution in [-0.4, -0.2) is 43.4 Å². The standard InChI is InChI=1S/C22H21N5O2/c1-28-18-10-16(13-25-14-18)19-11-21(26-22(24)20(19)12-23)15-2-4-17(5-3-15)27-6-8-29-9-7-27/h2-5,10-11,13-14H,6-9H2,1H3,(H2,24,26). The van der Waals surface area contributed by atoms with Gasteiger partial charge in [0, 0.05) is 41.7 Å². The fourth-order valence-electron chi connectivity index (χ4n) is 3.40. The first-order chi connectivity index (χ1) is 14.2. The number of methoxy groups -OCH3 is 1. The van der Waals surface area contributed by atoms with Crippen molar-refractivity contribution in [2.75, 3.05) is 44.0 Å². The average molecular weight is 387 g/mol. The molecule has 0 saturated carbocycles. The van der Waals surface area contributed by atoms with E-state index in [2.05, 4.69) is 33.1 Å². The van der Waals surface area contributed by atoms with E-state index in [0.717, 1.165) is 43.1 Å². The molecule has 1 aromatic carbocycles. The van der Waals surface area contributed by atoms with Gasteiger partial charge in [0.25, 0.3) is 0 Å². The number of nitrogen functional groups attached to an aromatic ring is 1. The molecular weight excluding hydrogens is 366 g/mol. The molecule has 0 unspecified atom stereocenters. The number of hydrogen-bond donors (Lipinski definition) is 1. The van der Waals surface area contributed by atoms with E-state index in [9.17, 15) is 5.26 Å². The molecule has 0 spiro atoms. The summed E-state index contributed by atoms with van der Waals surface area (Å²) < 4.78 is 10.7. The van der Waals surface area contributed by atoms with Crippen LogP contribution in [0.25, 0.3) is 22.4 Å². The molecule has 146 valence electrons. The Kier molecular flexibility index (Phi) is 5.27. The van der Waals surface area contributed by atoms with Gasteiger partial charge in [0.2, 0.25) is 0 Å². The highest BCUT2D eigenvalue weighted by atomic mass is 16.5. The summed E-state index contributed by atoms with van der Waals surface area (Å²) >= 11 is 0. The predicted molar refractivity (Wildman–Crippen MR) is 112 cm³/mol. The number of ether oxygens (including phenoxy) is 2. The van der Waals surface area contributed by atoms with Crippen LogP contribution in [0.2, 0.25) is 0 Å². The molecule has 4 rings (SSSR count). The van der Waals surface area contributed by atoms with Gasteiger partial charge >= 0.3 is 0 Å². The smallest absolute Gasteiger partial charge is 0.142 e. The molecule has 0 amide bonds. The minimum Gasteiger partial charge on any atom is -0.495 e. The van der Waals surface area contributed by atoms with Crippen LogP contribution >= 0.6 is 0 Å². The van der Waals surface area contributed by atoms with Gasteiger partial charge in [-0.05, 0) is 24.3 Å². The molecule has 1 fully saturated rings. The molecule has 3 aromatic rings. The van der Waals surface area contributed by atoms with Crippen LogP contribution in [0.1, 0.15) is 5.56 Å². The van der Waals surface area contributed by atoms with Crippen LogP contribution in [0.3, 0.4) is 0 Å². The summed E-state index contributed by atoms with van der Waals surface area (Å²) in [5.74, 6) is 0.804. The van der Waals surface area contributed by atoms with Crippen molar-refractivity contribution in [2.24, 2.45) is 0 Å². The minimum absolute atomic E-state index is 0.195. The van der Waals surface area contributed by atoms with Crippen molar-refractivity contribution in [1.29, 1.82) is 5.26 Å². The van der Waals surface area contributed by atoms with Crippen LogP contribution in [-0.2, 0) is 4.74 Å². The summed E-state index contributed by atoms with van der Waals surface area (Å²) in [4.78, 5) is 10.9. The SMILES string of the molecule is COc1cncc(-c2cc(-c3ccc(N4CCOCC4)cc3)nc(N)c2C#N)c1. The fraction of sp³-hybridized carbons (Fsp3) is 0.227. The molecule has 0 radical (unpaired) electrons. The summed E-state index contributed by atoms with van der Waals surface area (Å²) in [5.41, 5.74) is 10.7. The number of anilines is 2. The van der Waals surface area contributed by atoms with Gasteiger partial charge in [0.1, 0.15) is 23.2 Å². The molecule has 0 bridgehead atoms. The highest BCUT2D eigenvalue weighted by Crippen LogP contribution is 2.32. The number of nitrogens with zero attached hydrogens (tertiary/aromatic N) is 4. The van der Waals surface area contributed by atoms with E-state index in [1.807, 2.05) is 24.3 Å². The second-order valence-corrected chi connectivity index (χ2v) is 6.69. The number of nitriles is 1. The Morgan fingerprint density at radius 2 is 1.86 bits per heavy atom. The first-order valence-electron chi connectivity index (χ1n) is 9.33. The second kappa shape index (κ2) is 8.17. The van der Waals surface area contributed by atoms with E-state index < -0.39 is 0 Å². The predicted octanol–water partition coefficient (Wildman–Crippen LogP) is 3.11. The summed E-state index contributed by atoms with van der Waals surface area (Å²) in [6.07, 6.45) is 3.30. The molecule has 2 N–H and O–H groups in total. The minimum atomic E-state index is 0.195. The van der Waals surface area contributed by atoms with Gasteiger partial charge in [0.05, 0.1) is 32.2 Å². The van der Waals surface area contributed by atoms with Crippen molar-refractivity contribution in [3.05, 3.63) is 54.4 Å². The molecule has 1 aliphatic heterocycles. The summed E-state index contributed by atoms with van der Waals surface area (Å²) in [5, 5.41) is 9.59. The maximum Gasteiger partial charge on any atom is 0.142 e. The van der Waals surface area contributed by atoms with Crippen molar-refractivity contribution in [2.45, 2.75) is 0 Å². The summed E-state index contributed by atoms with van der Waals surface area (Å²) in [6, 6.07) is 14.0. The van der Waals surface area contributed by atoms with Crippen LogP contribution in [0.5, 0.6) is 5.75 Å². The quantitative estimate of drug-likeness (QED) is 0.734. The zero-order valence-electron chi connectivity index (χ0n) is 16.1. The van der Waals surface area contributed by atoms with Gasteiger partial charge in [-0.3, -0.25) is 4.98 Å². The second-order valence-electron chi connectivity index (χ2n) is 6.69. The molecule has 0 atom stereocenters. The van der Waals surface area contributed by atoms with Gasteiger partial charge in [0.15, 0.2) is 0 Å². The number of benzene rings is 1. The summed E-state index contributed by atoms with van der Waals surface area (Å²) in [6.45, 7) is 3.25. The largest absolute Gasteiger partial charge is 0.495 e. The molecular formula is C22H21N5O2. The lowest BCUT2D eigenvalue weighted by Crippen LogP contribution is -2.36. The Morgan fingerprint density at radius 1 is 1.10 bits per heavy atom. The van der Waals surface area contributed by atoms with Crippen molar-refractivity contribution in [1.82, 2.24) is 9.97 Å². The van der Waals surface area contributed by atoms with Crippen molar-refractivity contribution in [3.8, 4) is 34.2 Å². The molecule has 3 heterocycles. The van der Waals surface area contributed by atoms with E-state index in [0.29, 0.717) is 22.6 Å². The van der Waals surface area contributed by atoms with Crippen LogP contribution in [0, 0.1) is 11.3 Å². The monoisotopic (exact) mass is 387 g/mol. The third-order valence-corrected chi connectivity index (χ3v) is 4.96. The Morgan fingerprint density at radius 3 is 2.55 bits per heavy atom. The van der Waals surface area contributed by atoms with Crippen molar-refractivity contribution < 1.29 is 9.47 Å². The normalized spacial score (nSPS) is 13.7. The molecule has 29 heavy (non-hydrogen) atoms. The van der Waals surface area contributed by atoms with E-state index in [-0.39, 0.29) is 5.82 Å². The molecule has 1 aliphatic rings. The van der Waals surface area contributed by atoms with E-state index in [4.69, 9.17) is 15.2 Å². The van der Waals surface area contributed by atoms with Crippen LogP contribution in [0.4, 0.5) is 11.5 Å². The van der Waals surface area contributed by atoms with Gasteiger partial charge < -0.3 is 20.1 Å². The fourth-order valence-corrected chi connectivity index (χ4v) is 3.40. The highest BCUT2D eigenvalue weighted by molar-refractivity contribution is 5.80. The molecule has 7 heteroatoms. The number of nitrogens with two attached hydrogens (primary N) is 1. The lowest BCUT2D eigenvalue weighted by molar-refractivity contribution is 0.122. The topological polar surface area (TPSA) is 97.3 Å². The van der Waals surface area contributed by atoms with Crippen molar-refractivity contribution >= 4 is 11.5 Å². The van der Waals surface area contributed by atoms with Crippen LogP contribution in [0.15, 0.2) is 48.8 Å². The molecule has 0 aliphatic carbocycles. The third kappa shape index (κ3) is 3.84. The zero-order valence-corrected chi connectivity index (χ0v) is 16.1. The van der Waals surface area contributed by atoms with E-state index in [1.54, 1.807) is 19.5 Å². The number of aromatic nitrogens is 2. The van der Waals surface area contributed by atoms with Gasteiger partial charge in [-0.15, -0.1) is 0 Å². The number of morpholine rings is 1. The number of hydrogen-bond acceptors (Lipinski definition) is 7. The van der Waals surface area contributed by atoms with Gasteiger partial charge in [-0.25, -0.2) is 4.98 Å². The Labute approximate surface area is 169 Å². The van der Waals surface area contributed by atoms with Crippen molar-refractivity contribution in [3.63, 3.8) is 0 Å². The average Bonchev–Trinajstić information content (AvgIpc) is 2.79. The van der Waals surface area contributed by atoms with E-state index in [1.165, 1.54) is 0 Å². The molecule has 7 nitrogen and oxygen atoms in total. The number of pyridine rings is 2. The Hall–Kier alpha value is -3.63. The van der Waals surface area contributed by atoms with Gasteiger partial charge in [-0.2, -0.15) is 5.26 Å². The lowest BCUT2D eigenvalue weighted by atomic mass is 9.99. The van der Waals surface area contributed by atoms with Crippen LogP contribution < -0.4 is 15.4 Å². The number of rotatable bonds is 4. The Bertz CT molecular complexity index is 1050. The first-order valence-corrected chi connectivity index (χ1v) is 9.33.